The maximum atomic E-state index is 12.5. The van der Waals surface area contributed by atoms with Gasteiger partial charge in [-0.1, -0.05) is 11.6 Å². The van der Waals surface area contributed by atoms with E-state index in [2.05, 4.69) is 10.00 Å². The number of anilines is 1. The molecule has 1 saturated heterocycles. The van der Waals surface area contributed by atoms with Crippen LogP contribution in [0.25, 0.3) is 5.69 Å². The van der Waals surface area contributed by atoms with Gasteiger partial charge in [-0.2, -0.15) is 9.78 Å². The molecule has 3 rings (SSSR count). The molecular weight excluding hydrogens is 318 g/mol. The second-order valence-electron chi connectivity index (χ2n) is 5.46. The Balaban J connectivity index is 1.96. The summed E-state index contributed by atoms with van der Waals surface area (Å²) < 4.78 is 1.18. The van der Waals surface area contributed by atoms with Crippen LogP contribution in [-0.2, 0) is 0 Å². The number of hydrogen-bond acceptors (Lipinski definition) is 4. The smallest absolute Gasteiger partial charge is 0.335 e. The lowest BCUT2D eigenvalue weighted by atomic mass is 10.1. The Kier molecular flexibility index (Phi) is 4.34. The lowest BCUT2D eigenvalue weighted by Crippen LogP contribution is -2.32. The molecule has 0 bridgehead atoms. The molecule has 6 nitrogen and oxygen atoms in total. The fraction of sp³-hybridized carbons (Fsp3) is 0.312. The molecule has 1 N–H and O–H groups in total. The van der Waals surface area contributed by atoms with Crippen LogP contribution in [0.5, 0.6) is 0 Å². The molecule has 120 valence electrons. The van der Waals surface area contributed by atoms with Crippen molar-refractivity contribution in [3.05, 3.63) is 51.4 Å². The molecule has 23 heavy (non-hydrogen) atoms. The summed E-state index contributed by atoms with van der Waals surface area (Å²) in [7, 11) is 0. The predicted molar refractivity (Wildman–Crippen MR) is 87.9 cm³/mol. The summed E-state index contributed by atoms with van der Waals surface area (Å²) in [5, 5.41) is 13.2. The lowest BCUT2D eigenvalue weighted by Gasteiger charge is -2.29. The van der Waals surface area contributed by atoms with Gasteiger partial charge in [0.05, 0.1) is 23.1 Å². The van der Waals surface area contributed by atoms with Gasteiger partial charge in [0.2, 0.25) is 0 Å². The molecule has 2 heterocycles. The van der Waals surface area contributed by atoms with E-state index in [1.807, 2.05) is 0 Å². The first-order valence-electron chi connectivity index (χ1n) is 7.44. The van der Waals surface area contributed by atoms with Crippen molar-refractivity contribution in [3.8, 4) is 5.69 Å². The van der Waals surface area contributed by atoms with Crippen molar-refractivity contribution in [1.82, 2.24) is 9.78 Å². The SMILES string of the molecule is O=C(O)c1ccc(-n2ncc(N3CCCCC3)c(Cl)c2=O)cc1. The van der Waals surface area contributed by atoms with Gasteiger partial charge < -0.3 is 10.0 Å². The van der Waals surface area contributed by atoms with Crippen molar-refractivity contribution in [2.24, 2.45) is 0 Å². The fourth-order valence-corrected chi connectivity index (χ4v) is 2.96. The van der Waals surface area contributed by atoms with Crippen molar-refractivity contribution in [1.29, 1.82) is 0 Å². The Labute approximate surface area is 137 Å². The molecule has 0 atom stereocenters. The summed E-state index contributed by atoms with van der Waals surface area (Å²) in [4.78, 5) is 25.4. The highest BCUT2D eigenvalue weighted by Gasteiger charge is 2.18. The first kappa shape index (κ1) is 15.6. The molecule has 0 saturated carbocycles. The first-order chi connectivity index (χ1) is 11.1. The van der Waals surface area contributed by atoms with Crippen molar-refractivity contribution in [3.63, 3.8) is 0 Å². The molecular formula is C16H16ClN3O3. The fourth-order valence-electron chi connectivity index (χ4n) is 2.71. The Morgan fingerprint density at radius 1 is 1.13 bits per heavy atom. The number of aromatic carboxylic acids is 1. The van der Waals surface area contributed by atoms with Gasteiger partial charge >= 0.3 is 5.97 Å². The number of halogens is 1. The highest BCUT2D eigenvalue weighted by Crippen LogP contribution is 2.24. The van der Waals surface area contributed by atoms with Gasteiger partial charge in [0.25, 0.3) is 5.56 Å². The minimum absolute atomic E-state index is 0.143. The standard InChI is InChI=1S/C16H16ClN3O3/c17-14-13(19-8-2-1-3-9-19)10-18-20(15(14)21)12-6-4-11(5-7-12)16(22)23/h4-7,10H,1-3,8-9H2,(H,22,23). The third-order valence-electron chi connectivity index (χ3n) is 3.96. The molecule has 7 heteroatoms. The van der Waals surface area contributed by atoms with Crippen LogP contribution < -0.4 is 10.5 Å². The van der Waals surface area contributed by atoms with Crippen LogP contribution in [0.15, 0.2) is 35.3 Å². The van der Waals surface area contributed by atoms with Crippen molar-refractivity contribution < 1.29 is 9.90 Å². The third kappa shape index (κ3) is 3.07. The Bertz CT molecular complexity index is 780. The van der Waals surface area contributed by atoms with Gasteiger partial charge in [-0.05, 0) is 43.5 Å². The molecule has 0 aliphatic carbocycles. The quantitative estimate of drug-likeness (QED) is 0.934. The minimum atomic E-state index is -1.02. The van der Waals surface area contributed by atoms with E-state index in [0.29, 0.717) is 11.4 Å². The Morgan fingerprint density at radius 2 is 1.78 bits per heavy atom. The highest BCUT2D eigenvalue weighted by molar-refractivity contribution is 6.33. The van der Waals surface area contributed by atoms with Crippen LogP contribution in [0.2, 0.25) is 5.02 Å². The number of carbonyl (C=O) groups is 1. The topological polar surface area (TPSA) is 75.4 Å². The molecule has 2 aromatic rings. The van der Waals surface area contributed by atoms with Crippen molar-refractivity contribution in [2.75, 3.05) is 18.0 Å². The molecule has 1 aliphatic heterocycles. The number of piperidine rings is 1. The molecule has 0 spiro atoms. The van der Waals surface area contributed by atoms with E-state index in [9.17, 15) is 9.59 Å². The second kappa shape index (κ2) is 6.42. The van der Waals surface area contributed by atoms with Crippen LogP contribution in [0.4, 0.5) is 5.69 Å². The average molecular weight is 334 g/mol. The number of aromatic nitrogens is 2. The summed E-state index contributed by atoms with van der Waals surface area (Å²) in [5.41, 5.74) is 0.887. The number of carboxylic acid groups (broad SMARTS) is 1. The summed E-state index contributed by atoms with van der Waals surface area (Å²) in [6, 6.07) is 5.93. The number of rotatable bonds is 3. The van der Waals surface area contributed by atoms with E-state index in [1.54, 1.807) is 6.20 Å². The van der Waals surface area contributed by atoms with Gasteiger partial charge in [-0.15, -0.1) is 0 Å². The zero-order chi connectivity index (χ0) is 16.4. The normalized spacial score (nSPS) is 14.7. The largest absolute Gasteiger partial charge is 0.478 e. The third-order valence-corrected chi connectivity index (χ3v) is 4.31. The van der Waals surface area contributed by atoms with Gasteiger partial charge in [-0.3, -0.25) is 4.79 Å². The zero-order valence-corrected chi connectivity index (χ0v) is 13.2. The van der Waals surface area contributed by atoms with Crippen LogP contribution in [0.3, 0.4) is 0 Å². The first-order valence-corrected chi connectivity index (χ1v) is 7.82. The summed E-state index contributed by atoms with van der Waals surface area (Å²) in [6.07, 6.45) is 4.95. The number of hydrogen-bond donors (Lipinski definition) is 1. The van der Waals surface area contributed by atoms with E-state index in [4.69, 9.17) is 16.7 Å². The monoisotopic (exact) mass is 333 g/mol. The van der Waals surface area contributed by atoms with E-state index < -0.39 is 11.5 Å². The van der Waals surface area contributed by atoms with Crippen LogP contribution in [-0.4, -0.2) is 33.9 Å². The van der Waals surface area contributed by atoms with Gasteiger partial charge in [0.15, 0.2) is 0 Å². The molecule has 1 aromatic heterocycles. The second-order valence-corrected chi connectivity index (χ2v) is 5.84. The Hall–Kier alpha value is -2.34. The number of benzene rings is 1. The van der Waals surface area contributed by atoms with Gasteiger partial charge in [0.1, 0.15) is 5.02 Å². The minimum Gasteiger partial charge on any atom is -0.478 e. The van der Waals surface area contributed by atoms with E-state index in [-0.39, 0.29) is 10.6 Å². The molecule has 0 radical (unpaired) electrons. The summed E-state index contributed by atoms with van der Waals surface area (Å²) in [6.45, 7) is 1.75. The summed E-state index contributed by atoms with van der Waals surface area (Å²) in [5.74, 6) is -1.02. The van der Waals surface area contributed by atoms with Crippen LogP contribution >= 0.6 is 11.6 Å². The number of nitrogens with zero attached hydrogens (tertiary/aromatic N) is 3. The highest BCUT2D eigenvalue weighted by atomic mass is 35.5. The predicted octanol–water partition coefficient (Wildman–Crippen LogP) is 2.57. The van der Waals surface area contributed by atoms with Gasteiger partial charge in [0, 0.05) is 13.1 Å². The van der Waals surface area contributed by atoms with Crippen molar-refractivity contribution in [2.45, 2.75) is 19.3 Å². The van der Waals surface area contributed by atoms with Crippen LogP contribution in [0.1, 0.15) is 29.6 Å². The van der Waals surface area contributed by atoms with E-state index in [1.165, 1.54) is 35.4 Å². The van der Waals surface area contributed by atoms with Gasteiger partial charge in [-0.25, -0.2) is 4.79 Å². The average Bonchev–Trinajstić information content (AvgIpc) is 2.58. The van der Waals surface area contributed by atoms with Crippen LogP contribution in [0, 0.1) is 0 Å². The maximum Gasteiger partial charge on any atom is 0.335 e. The van der Waals surface area contributed by atoms with E-state index >= 15 is 0 Å². The summed E-state index contributed by atoms with van der Waals surface area (Å²) >= 11 is 6.25. The molecule has 1 aliphatic rings. The lowest BCUT2D eigenvalue weighted by molar-refractivity contribution is 0.0697. The molecule has 0 amide bonds. The molecule has 0 unspecified atom stereocenters. The molecule has 1 aromatic carbocycles. The maximum absolute atomic E-state index is 12.5. The zero-order valence-electron chi connectivity index (χ0n) is 12.4. The van der Waals surface area contributed by atoms with E-state index in [0.717, 1.165) is 25.9 Å². The molecule has 1 fully saturated rings. The van der Waals surface area contributed by atoms with Crippen molar-refractivity contribution >= 4 is 23.3 Å². The number of carboxylic acids is 1. The Morgan fingerprint density at radius 3 is 2.39 bits per heavy atom.